The second-order valence-corrected chi connectivity index (χ2v) is 5.26. The maximum atomic E-state index is 12.1. The monoisotopic (exact) mass is 294 g/mol. The fraction of sp³-hybridized carbons (Fsp3) is 0.222. The van der Waals surface area contributed by atoms with Crippen molar-refractivity contribution < 1.29 is 9.53 Å². The summed E-state index contributed by atoms with van der Waals surface area (Å²) in [7, 11) is 1.61. The zero-order valence-electron chi connectivity index (χ0n) is 12.5. The molecule has 1 heterocycles. The van der Waals surface area contributed by atoms with Gasteiger partial charge in [-0.15, -0.1) is 0 Å². The molecule has 0 fully saturated rings. The number of aliphatic imine (C=N–C) groups is 1. The van der Waals surface area contributed by atoms with Crippen LogP contribution in [0.5, 0.6) is 0 Å². The summed E-state index contributed by atoms with van der Waals surface area (Å²) in [5.41, 5.74) is 2.65. The number of dihydropyridines is 1. The predicted octanol–water partition coefficient (Wildman–Crippen LogP) is 2.40. The lowest BCUT2D eigenvalue weighted by Gasteiger charge is -2.20. The number of nitrogens with one attached hydrogen (secondary N) is 1. The van der Waals surface area contributed by atoms with Crippen molar-refractivity contribution in [2.45, 2.75) is 6.54 Å². The average Bonchev–Trinajstić information content (AvgIpc) is 2.56. The zero-order chi connectivity index (χ0) is 15.4. The van der Waals surface area contributed by atoms with E-state index >= 15 is 0 Å². The Kier molecular flexibility index (Phi) is 4.30. The Morgan fingerprint density at radius 1 is 1.23 bits per heavy atom. The molecule has 0 radical (unpaired) electrons. The number of carbonyl (C=O) groups excluding carboxylic acids is 1. The molecule has 1 unspecified atom stereocenters. The van der Waals surface area contributed by atoms with Crippen molar-refractivity contribution in [3.8, 4) is 0 Å². The van der Waals surface area contributed by atoms with Gasteiger partial charge in [0.05, 0.1) is 12.8 Å². The molecule has 1 aliphatic heterocycles. The minimum absolute atomic E-state index is 0.0603. The fourth-order valence-corrected chi connectivity index (χ4v) is 2.51. The van der Waals surface area contributed by atoms with Gasteiger partial charge in [-0.3, -0.25) is 4.79 Å². The Morgan fingerprint density at radius 2 is 2.05 bits per heavy atom. The number of rotatable bonds is 5. The van der Waals surface area contributed by atoms with E-state index in [2.05, 4.69) is 22.4 Å². The van der Waals surface area contributed by atoms with Crippen molar-refractivity contribution in [2.24, 2.45) is 10.9 Å². The van der Waals surface area contributed by atoms with Crippen molar-refractivity contribution in [3.63, 3.8) is 0 Å². The first-order chi connectivity index (χ1) is 10.8. The molecule has 1 aliphatic carbocycles. The summed E-state index contributed by atoms with van der Waals surface area (Å²) in [6, 6.07) is 10.1. The number of benzene rings is 1. The van der Waals surface area contributed by atoms with Gasteiger partial charge in [-0.2, -0.15) is 0 Å². The number of hydrogen-bond acceptors (Lipinski definition) is 3. The van der Waals surface area contributed by atoms with Gasteiger partial charge in [-0.05, 0) is 11.6 Å². The van der Waals surface area contributed by atoms with E-state index < -0.39 is 0 Å². The summed E-state index contributed by atoms with van der Waals surface area (Å²) in [5, 5.41) is 3.29. The Bertz CT molecular complexity index is 684. The predicted molar refractivity (Wildman–Crippen MR) is 86.4 cm³/mol. The second-order valence-electron chi connectivity index (χ2n) is 5.26. The number of nitrogens with zero attached hydrogens (tertiary/aromatic N) is 1. The molecule has 0 saturated heterocycles. The first-order valence-electron chi connectivity index (χ1n) is 7.28. The van der Waals surface area contributed by atoms with Crippen LogP contribution in [0, 0.1) is 5.92 Å². The molecule has 0 bridgehead atoms. The van der Waals surface area contributed by atoms with Crippen LogP contribution in [-0.4, -0.2) is 25.3 Å². The highest BCUT2D eigenvalue weighted by Gasteiger charge is 2.23. The smallest absolute Gasteiger partial charge is 0.274 e. The average molecular weight is 294 g/mol. The van der Waals surface area contributed by atoms with Crippen molar-refractivity contribution >= 4 is 11.6 Å². The Labute approximate surface area is 129 Å². The Morgan fingerprint density at radius 3 is 2.82 bits per heavy atom. The third-order valence-electron chi connectivity index (χ3n) is 3.71. The van der Waals surface area contributed by atoms with E-state index in [9.17, 15) is 4.79 Å². The molecule has 1 amide bonds. The SMILES string of the molecule is COC1=CC2=NC(=O)C(CNCc3ccccc3)=CC2C=C1. The molecule has 0 spiro atoms. The summed E-state index contributed by atoms with van der Waals surface area (Å²) in [4.78, 5) is 16.3. The fourth-order valence-electron chi connectivity index (χ4n) is 2.51. The van der Waals surface area contributed by atoms with Crippen LogP contribution in [0.1, 0.15) is 5.56 Å². The number of methoxy groups -OCH3 is 1. The highest BCUT2D eigenvalue weighted by atomic mass is 16.5. The van der Waals surface area contributed by atoms with Gasteiger partial charge in [0, 0.05) is 30.7 Å². The number of allylic oxidation sites excluding steroid dienone is 4. The first kappa shape index (κ1) is 14.5. The van der Waals surface area contributed by atoms with Gasteiger partial charge in [0.15, 0.2) is 0 Å². The minimum atomic E-state index is -0.172. The quantitative estimate of drug-likeness (QED) is 0.907. The minimum Gasteiger partial charge on any atom is -0.497 e. The molecule has 4 heteroatoms. The van der Waals surface area contributed by atoms with Gasteiger partial charge in [0.2, 0.25) is 0 Å². The molecule has 22 heavy (non-hydrogen) atoms. The van der Waals surface area contributed by atoms with Gasteiger partial charge in [-0.1, -0.05) is 42.5 Å². The normalized spacial score (nSPS) is 20.0. The lowest BCUT2D eigenvalue weighted by atomic mass is 9.92. The van der Waals surface area contributed by atoms with Crippen molar-refractivity contribution in [2.75, 3.05) is 13.7 Å². The number of fused-ring (bicyclic) bond motifs is 1. The van der Waals surface area contributed by atoms with Gasteiger partial charge in [0.25, 0.3) is 5.91 Å². The van der Waals surface area contributed by atoms with Crippen LogP contribution in [-0.2, 0) is 16.1 Å². The van der Waals surface area contributed by atoms with Crippen LogP contribution in [0.2, 0.25) is 0 Å². The van der Waals surface area contributed by atoms with Gasteiger partial charge in [-0.25, -0.2) is 4.99 Å². The maximum Gasteiger partial charge on any atom is 0.274 e. The third kappa shape index (κ3) is 3.23. The molecule has 112 valence electrons. The summed E-state index contributed by atoms with van der Waals surface area (Å²) < 4.78 is 5.17. The maximum absolute atomic E-state index is 12.1. The lowest BCUT2D eigenvalue weighted by molar-refractivity contribution is -0.114. The van der Waals surface area contributed by atoms with Crippen LogP contribution in [0.15, 0.2) is 71.0 Å². The molecule has 4 nitrogen and oxygen atoms in total. The standard InChI is InChI=1S/C18H18N2O2/c1-22-16-8-7-14-9-15(18(21)20-17(14)10-16)12-19-11-13-5-3-2-4-6-13/h2-10,14,19H,11-12H2,1H3. The van der Waals surface area contributed by atoms with E-state index in [1.54, 1.807) is 7.11 Å². The molecule has 0 saturated carbocycles. The summed E-state index contributed by atoms with van der Waals surface area (Å²) in [6.07, 6.45) is 7.70. The topological polar surface area (TPSA) is 50.7 Å². The van der Waals surface area contributed by atoms with Gasteiger partial charge < -0.3 is 10.1 Å². The third-order valence-corrected chi connectivity index (χ3v) is 3.71. The van der Waals surface area contributed by atoms with E-state index in [0.717, 1.165) is 18.0 Å². The van der Waals surface area contributed by atoms with Gasteiger partial charge in [0.1, 0.15) is 5.76 Å². The largest absolute Gasteiger partial charge is 0.497 e. The van der Waals surface area contributed by atoms with Crippen LogP contribution in [0.4, 0.5) is 0 Å². The van der Waals surface area contributed by atoms with Crippen molar-refractivity contribution in [1.82, 2.24) is 5.32 Å². The van der Waals surface area contributed by atoms with Crippen molar-refractivity contribution in [1.29, 1.82) is 0 Å². The lowest BCUT2D eigenvalue weighted by Crippen LogP contribution is -2.26. The summed E-state index contributed by atoms with van der Waals surface area (Å²) in [6.45, 7) is 1.26. The first-order valence-corrected chi connectivity index (χ1v) is 7.28. The molecule has 3 rings (SSSR count). The van der Waals surface area contributed by atoms with Crippen LogP contribution < -0.4 is 5.32 Å². The van der Waals surface area contributed by atoms with Crippen LogP contribution in [0.3, 0.4) is 0 Å². The Hall–Kier alpha value is -2.46. The van der Waals surface area contributed by atoms with Crippen molar-refractivity contribution in [3.05, 3.63) is 71.5 Å². The highest BCUT2D eigenvalue weighted by molar-refractivity contribution is 6.13. The Balaban J connectivity index is 1.62. The summed E-state index contributed by atoms with van der Waals surface area (Å²) in [5.74, 6) is 0.612. The van der Waals surface area contributed by atoms with E-state index in [0.29, 0.717) is 12.1 Å². The molecule has 1 atom stereocenters. The van der Waals surface area contributed by atoms with Crippen LogP contribution in [0.25, 0.3) is 0 Å². The molecule has 1 aromatic carbocycles. The highest BCUT2D eigenvalue weighted by Crippen LogP contribution is 2.22. The second kappa shape index (κ2) is 6.54. The number of hydrogen-bond donors (Lipinski definition) is 1. The van der Waals surface area contributed by atoms with E-state index in [-0.39, 0.29) is 11.8 Å². The molecule has 0 aromatic heterocycles. The molecule has 1 aromatic rings. The van der Waals surface area contributed by atoms with E-state index in [1.807, 2.05) is 42.5 Å². The number of carbonyl (C=O) groups is 1. The molecular weight excluding hydrogens is 276 g/mol. The molecule has 2 aliphatic rings. The van der Waals surface area contributed by atoms with Crippen LogP contribution >= 0.6 is 0 Å². The zero-order valence-corrected chi connectivity index (χ0v) is 12.5. The number of amides is 1. The molecule has 1 N–H and O–H groups in total. The summed E-state index contributed by atoms with van der Waals surface area (Å²) >= 11 is 0. The van der Waals surface area contributed by atoms with E-state index in [1.165, 1.54) is 5.56 Å². The van der Waals surface area contributed by atoms with Gasteiger partial charge >= 0.3 is 0 Å². The van der Waals surface area contributed by atoms with E-state index in [4.69, 9.17) is 4.74 Å². The molecular formula is C18H18N2O2. The number of ether oxygens (including phenoxy) is 1.